The van der Waals surface area contributed by atoms with Gasteiger partial charge < -0.3 is 5.32 Å². The Kier molecular flexibility index (Phi) is 8.72. The van der Waals surface area contributed by atoms with E-state index >= 15 is 0 Å². The maximum absolute atomic E-state index is 13.2. The highest BCUT2D eigenvalue weighted by atomic mass is 16.2. The fourth-order valence-electron chi connectivity index (χ4n) is 5.07. The van der Waals surface area contributed by atoms with Crippen LogP contribution < -0.4 is 10.9 Å². The Labute approximate surface area is 207 Å². The summed E-state index contributed by atoms with van der Waals surface area (Å²) in [5.74, 6) is 0.610. The number of nitrogens with zero attached hydrogens (tertiary/aromatic N) is 4. The van der Waals surface area contributed by atoms with Crippen LogP contribution in [-0.4, -0.2) is 31.3 Å². The molecule has 0 bridgehead atoms. The van der Waals surface area contributed by atoms with E-state index in [1.807, 2.05) is 38.1 Å². The van der Waals surface area contributed by atoms with Crippen LogP contribution in [0, 0.1) is 13.8 Å². The van der Waals surface area contributed by atoms with Crippen molar-refractivity contribution in [1.29, 1.82) is 0 Å². The van der Waals surface area contributed by atoms with Crippen LogP contribution in [0.3, 0.4) is 0 Å². The van der Waals surface area contributed by atoms with E-state index < -0.39 is 0 Å². The van der Waals surface area contributed by atoms with Crippen molar-refractivity contribution < 1.29 is 4.79 Å². The zero-order chi connectivity index (χ0) is 24.6. The monoisotopic (exact) mass is 477 g/mol. The van der Waals surface area contributed by atoms with Crippen LogP contribution in [0.4, 0.5) is 0 Å². The predicted molar refractivity (Wildman–Crippen MR) is 140 cm³/mol. The van der Waals surface area contributed by atoms with Gasteiger partial charge in [0.1, 0.15) is 11.2 Å². The van der Waals surface area contributed by atoms with Crippen LogP contribution >= 0.6 is 0 Å². The Balaban J connectivity index is 1.41. The number of carbonyl (C=O) groups is 1. The van der Waals surface area contributed by atoms with Crippen molar-refractivity contribution in [2.75, 3.05) is 0 Å². The third-order valence-electron chi connectivity index (χ3n) is 7.19. The standard InChI is InChI=1S/C28H39N5O2/c1-21-14-16-24(17-15-21)33-27-25(20-29-33)28(35)32(22(2)30-27)19-18-26(34)31-23-12-10-8-6-4-3-5-7-9-11-13-23/h14-17,20,23H,3-13,18-19H2,1-2H3,(H,31,34). The first-order valence-electron chi connectivity index (χ1n) is 13.3. The van der Waals surface area contributed by atoms with Crippen LogP contribution in [0.1, 0.15) is 88.4 Å². The lowest BCUT2D eigenvalue weighted by Gasteiger charge is -2.20. The van der Waals surface area contributed by atoms with Gasteiger partial charge in [0.2, 0.25) is 5.91 Å². The van der Waals surface area contributed by atoms with Gasteiger partial charge in [-0.25, -0.2) is 9.67 Å². The molecule has 0 aliphatic heterocycles. The summed E-state index contributed by atoms with van der Waals surface area (Å²) in [4.78, 5) is 30.7. The van der Waals surface area contributed by atoms with E-state index in [2.05, 4.69) is 15.4 Å². The van der Waals surface area contributed by atoms with Crippen LogP contribution in [0.15, 0.2) is 35.3 Å². The van der Waals surface area contributed by atoms with Gasteiger partial charge in [0.05, 0.1) is 11.9 Å². The molecule has 2 aromatic heterocycles. The smallest absolute Gasteiger partial charge is 0.264 e. The SMILES string of the molecule is Cc1ccc(-n2ncc3c(=O)n(CCC(=O)NC4CCCCCCCCCCC4)c(C)nc32)cc1. The van der Waals surface area contributed by atoms with Crippen LogP contribution in [-0.2, 0) is 11.3 Å². The van der Waals surface area contributed by atoms with Crippen molar-refractivity contribution in [3.05, 3.63) is 52.2 Å². The molecule has 0 saturated heterocycles. The van der Waals surface area contributed by atoms with Gasteiger partial charge in [-0.15, -0.1) is 0 Å². The zero-order valence-electron chi connectivity index (χ0n) is 21.3. The van der Waals surface area contributed by atoms with Crippen LogP contribution in [0.25, 0.3) is 16.7 Å². The first-order chi connectivity index (χ1) is 17.0. The van der Waals surface area contributed by atoms with Crippen molar-refractivity contribution in [2.24, 2.45) is 0 Å². The van der Waals surface area contributed by atoms with Gasteiger partial charge in [-0.3, -0.25) is 14.2 Å². The predicted octanol–water partition coefficient (Wildman–Crippen LogP) is 5.38. The first kappa shape index (κ1) is 25.1. The van der Waals surface area contributed by atoms with E-state index in [4.69, 9.17) is 0 Å². The molecule has 1 saturated carbocycles. The molecule has 1 N–H and O–H groups in total. The van der Waals surface area contributed by atoms with Gasteiger partial charge >= 0.3 is 0 Å². The number of nitrogens with one attached hydrogen (secondary N) is 1. The van der Waals surface area contributed by atoms with Gasteiger partial charge in [0.25, 0.3) is 5.56 Å². The Morgan fingerprint density at radius 2 is 1.54 bits per heavy atom. The van der Waals surface area contributed by atoms with Crippen molar-refractivity contribution in [3.8, 4) is 5.69 Å². The van der Waals surface area contributed by atoms with Gasteiger partial charge in [-0.2, -0.15) is 5.10 Å². The second-order valence-electron chi connectivity index (χ2n) is 10.0. The molecular weight excluding hydrogens is 438 g/mol. The molecule has 7 heteroatoms. The molecule has 7 nitrogen and oxygen atoms in total. The summed E-state index contributed by atoms with van der Waals surface area (Å²) in [7, 11) is 0. The Bertz CT molecular complexity index is 1170. The Hall–Kier alpha value is -2.96. The molecule has 0 radical (unpaired) electrons. The molecule has 3 aromatic rings. The molecule has 4 rings (SSSR count). The normalized spacial score (nSPS) is 16.5. The summed E-state index contributed by atoms with van der Waals surface area (Å²) in [6.45, 7) is 4.17. The molecule has 1 aromatic carbocycles. The number of aryl methyl sites for hydroxylation is 2. The molecule has 0 atom stereocenters. The van der Waals surface area contributed by atoms with E-state index in [0.717, 1.165) is 24.1 Å². The molecule has 188 valence electrons. The summed E-state index contributed by atoms with van der Waals surface area (Å²) in [5, 5.41) is 8.14. The fourth-order valence-corrected chi connectivity index (χ4v) is 5.07. The Morgan fingerprint density at radius 1 is 0.943 bits per heavy atom. The molecule has 1 amide bonds. The fraction of sp³-hybridized carbons (Fsp3) is 0.571. The number of hydrogen-bond acceptors (Lipinski definition) is 4. The maximum atomic E-state index is 13.2. The minimum absolute atomic E-state index is 0.0174. The van der Waals surface area contributed by atoms with E-state index in [0.29, 0.717) is 23.4 Å². The summed E-state index contributed by atoms with van der Waals surface area (Å²) in [6.07, 6.45) is 15.5. The number of amides is 1. The highest BCUT2D eigenvalue weighted by Crippen LogP contribution is 2.18. The summed E-state index contributed by atoms with van der Waals surface area (Å²) in [6, 6.07) is 8.21. The lowest BCUT2D eigenvalue weighted by molar-refractivity contribution is -0.122. The number of rotatable bonds is 5. The maximum Gasteiger partial charge on any atom is 0.264 e. The first-order valence-corrected chi connectivity index (χ1v) is 13.3. The van der Waals surface area contributed by atoms with Crippen LogP contribution in [0.2, 0.25) is 0 Å². The minimum atomic E-state index is -0.148. The zero-order valence-corrected chi connectivity index (χ0v) is 21.3. The summed E-state index contributed by atoms with van der Waals surface area (Å²) < 4.78 is 3.30. The molecule has 35 heavy (non-hydrogen) atoms. The number of hydrogen-bond donors (Lipinski definition) is 1. The second kappa shape index (κ2) is 12.1. The minimum Gasteiger partial charge on any atom is -0.353 e. The molecule has 0 unspecified atom stereocenters. The number of benzene rings is 1. The lowest BCUT2D eigenvalue weighted by atomic mass is 9.98. The molecular formula is C28H39N5O2. The van der Waals surface area contributed by atoms with Gasteiger partial charge in [-0.05, 0) is 38.8 Å². The van der Waals surface area contributed by atoms with Crippen molar-refractivity contribution >= 4 is 16.9 Å². The van der Waals surface area contributed by atoms with E-state index in [1.54, 1.807) is 15.4 Å². The Morgan fingerprint density at radius 3 is 2.17 bits per heavy atom. The van der Waals surface area contributed by atoms with Crippen molar-refractivity contribution in [2.45, 2.75) is 103 Å². The average Bonchev–Trinajstić information content (AvgIpc) is 3.25. The third-order valence-corrected chi connectivity index (χ3v) is 7.19. The number of fused-ring (bicyclic) bond motifs is 1. The van der Waals surface area contributed by atoms with Crippen molar-refractivity contribution in [3.63, 3.8) is 0 Å². The summed E-state index contributed by atoms with van der Waals surface area (Å²) >= 11 is 0. The largest absolute Gasteiger partial charge is 0.353 e. The third kappa shape index (κ3) is 6.59. The van der Waals surface area contributed by atoms with E-state index in [-0.39, 0.29) is 23.9 Å². The highest BCUT2D eigenvalue weighted by Gasteiger charge is 2.17. The second-order valence-corrected chi connectivity index (χ2v) is 10.0. The highest BCUT2D eigenvalue weighted by molar-refractivity contribution is 5.77. The molecule has 1 fully saturated rings. The molecule has 1 aliphatic carbocycles. The molecule has 2 heterocycles. The lowest BCUT2D eigenvalue weighted by Crippen LogP contribution is -2.36. The van der Waals surface area contributed by atoms with Gasteiger partial charge in [0, 0.05) is 19.0 Å². The van der Waals surface area contributed by atoms with Crippen molar-refractivity contribution in [1.82, 2.24) is 24.6 Å². The number of carbonyl (C=O) groups excluding carboxylic acids is 1. The number of aromatic nitrogens is 4. The molecule has 1 aliphatic rings. The summed E-state index contributed by atoms with van der Waals surface area (Å²) in [5.41, 5.74) is 2.42. The van der Waals surface area contributed by atoms with Crippen LogP contribution in [0.5, 0.6) is 0 Å². The molecule has 0 spiro atoms. The van der Waals surface area contributed by atoms with E-state index in [9.17, 15) is 9.59 Å². The van der Waals surface area contributed by atoms with Gasteiger partial charge in [0.15, 0.2) is 5.65 Å². The van der Waals surface area contributed by atoms with Gasteiger partial charge in [-0.1, -0.05) is 75.5 Å². The van der Waals surface area contributed by atoms with E-state index in [1.165, 1.54) is 57.8 Å². The topological polar surface area (TPSA) is 81.8 Å². The average molecular weight is 478 g/mol. The quantitative estimate of drug-likeness (QED) is 0.535.